The van der Waals surface area contributed by atoms with Crippen LogP contribution in [0.5, 0.6) is 0 Å². The van der Waals surface area contributed by atoms with Crippen LogP contribution in [0.25, 0.3) is 0 Å². The summed E-state index contributed by atoms with van der Waals surface area (Å²) < 4.78 is 5.37. The van der Waals surface area contributed by atoms with E-state index in [2.05, 4.69) is 10.6 Å². The Morgan fingerprint density at radius 2 is 2.14 bits per heavy atom. The number of thioether (sulfide) groups is 1. The summed E-state index contributed by atoms with van der Waals surface area (Å²) in [5.41, 5.74) is 0.0149. The summed E-state index contributed by atoms with van der Waals surface area (Å²) in [6.07, 6.45) is 2.44. The molecule has 1 atom stereocenters. The van der Waals surface area contributed by atoms with Crippen LogP contribution in [0.15, 0.2) is 0 Å². The summed E-state index contributed by atoms with van der Waals surface area (Å²) in [5.74, 6) is 1.34. The maximum Gasteiger partial charge on any atom is 0.243 e. The molecule has 0 spiro atoms. The van der Waals surface area contributed by atoms with E-state index in [1.165, 1.54) is 0 Å². The average Bonchev–Trinajstić information content (AvgIpc) is 3.03. The van der Waals surface area contributed by atoms with Gasteiger partial charge >= 0.3 is 0 Å². The van der Waals surface area contributed by atoms with E-state index in [0.717, 1.165) is 25.9 Å². The van der Waals surface area contributed by atoms with Gasteiger partial charge in [0.05, 0.1) is 12.5 Å². The van der Waals surface area contributed by atoms with Gasteiger partial charge in [-0.25, -0.2) is 0 Å². The minimum atomic E-state index is -0.321. The molecule has 2 N–H and O–H groups in total. The molecule has 2 aliphatic rings. The normalized spacial score (nSPS) is 24.3. The monoisotopic (exact) mass is 329 g/mol. The fraction of sp³-hybridized carbons (Fsp3) is 0.867. The Morgan fingerprint density at radius 3 is 2.77 bits per heavy atom. The maximum atomic E-state index is 12.5. The Hall–Kier alpha value is -0.790. The predicted molar refractivity (Wildman–Crippen MR) is 87.7 cm³/mol. The van der Waals surface area contributed by atoms with Gasteiger partial charge in [-0.1, -0.05) is 6.92 Å². The summed E-state index contributed by atoms with van der Waals surface area (Å²) in [6.45, 7) is 5.03. The van der Waals surface area contributed by atoms with E-state index >= 15 is 0 Å². The molecule has 6 nitrogen and oxygen atoms in total. The smallest absolute Gasteiger partial charge is 0.243 e. The number of piperidine rings is 1. The lowest BCUT2D eigenvalue weighted by Crippen LogP contribution is -2.52. The number of carbonyl (C=O) groups is 2. The van der Waals surface area contributed by atoms with Crippen molar-refractivity contribution in [1.29, 1.82) is 0 Å². The molecule has 0 aliphatic carbocycles. The molecule has 0 saturated carbocycles. The van der Waals surface area contributed by atoms with E-state index in [4.69, 9.17) is 4.74 Å². The maximum absolute atomic E-state index is 12.5. The van der Waals surface area contributed by atoms with Crippen molar-refractivity contribution >= 4 is 23.6 Å². The Morgan fingerprint density at radius 1 is 1.41 bits per heavy atom. The van der Waals surface area contributed by atoms with Gasteiger partial charge in [0.2, 0.25) is 11.8 Å². The van der Waals surface area contributed by atoms with Crippen LogP contribution in [0.2, 0.25) is 0 Å². The Balaban J connectivity index is 1.91. The third-order valence-corrected chi connectivity index (χ3v) is 5.57. The zero-order valence-electron chi connectivity index (χ0n) is 13.5. The highest BCUT2D eigenvalue weighted by Crippen LogP contribution is 2.29. The van der Waals surface area contributed by atoms with Crippen LogP contribution in [0, 0.1) is 5.41 Å². The molecule has 2 heterocycles. The topological polar surface area (TPSA) is 70.7 Å². The molecule has 0 aromatic rings. The molecule has 1 unspecified atom stereocenters. The van der Waals surface area contributed by atoms with Crippen LogP contribution in [0.1, 0.15) is 26.2 Å². The third-order valence-electron chi connectivity index (χ3n) is 4.56. The van der Waals surface area contributed by atoms with Gasteiger partial charge < -0.3 is 20.3 Å². The van der Waals surface area contributed by atoms with E-state index < -0.39 is 0 Å². The molecular formula is C15H27N3O3S. The number of nitrogens with one attached hydrogen (secondary N) is 2. The number of nitrogens with zero attached hydrogens (tertiary/aromatic N) is 1. The lowest BCUT2D eigenvalue weighted by molar-refractivity contribution is -0.138. The van der Waals surface area contributed by atoms with Gasteiger partial charge in [-0.05, 0) is 25.9 Å². The first-order valence-electron chi connectivity index (χ1n) is 7.96. The summed E-state index contributed by atoms with van der Waals surface area (Å²) in [6, 6.07) is -0.321. The summed E-state index contributed by atoms with van der Waals surface area (Å²) in [4.78, 5) is 26.1. The molecule has 22 heavy (non-hydrogen) atoms. The molecule has 0 aromatic heterocycles. The molecule has 0 aromatic carbocycles. The van der Waals surface area contributed by atoms with Crippen molar-refractivity contribution in [3.05, 3.63) is 0 Å². The van der Waals surface area contributed by atoms with Crippen molar-refractivity contribution in [2.75, 3.05) is 45.0 Å². The molecule has 2 fully saturated rings. The fourth-order valence-electron chi connectivity index (χ4n) is 3.14. The summed E-state index contributed by atoms with van der Waals surface area (Å²) in [7, 11) is 1.71. The zero-order chi connectivity index (χ0) is 16.0. The van der Waals surface area contributed by atoms with Gasteiger partial charge in [0.25, 0.3) is 0 Å². The molecule has 2 rings (SSSR count). The van der Waals surface area contributed by atoms with Gasteiger partial charge in [0.1, 0.15) is 6.04 Å². The Labute approximate surface area is 136 Å². The second-order valence-corrected chi connectivity index (χ2v) is 7.13. The van der Waals surface area contributed by atoms with E-state index in [1.54, 1.807) is 23.8 Å². The number of methoxy groups -OCH3 is 1. The number of rotatable bonds is 6. The number of ether oxygens (including phenoxy) is 1. The molecule has 2 saturated heterocycles. The quantitative estimate of drug-likeness (QED) is 0.739. The largest absolute Gasteiger partial charge is 0.384 e. The highest BCUT2D eigenvalue weighted by molar-refractivity contribution is 7.99. The number of hydrogen-bond donors (Lipinski definition) is 2. The standard InChI is InChI=1S/C15H27N3O3S/c1-3-13(19)18-11-22-8-12(18)14(20)17-9-15(10-21-2)4-6-16-7-5-15/h12,16H,3-11H2,1-2H3,(H,17,20). The molecule has 0 radical (unpaired) electrons. The number of amides is 2. The van der Waals surface area contributed by atoms with E-state index in [0.29, 0.717) is 31.2 Å². The van der Waals surface area contributed by atoms with Crippen LogP contribution >= 0.6 is 11.8 Å². The molecule has 0 bridgehead atoms. The van der Waals surface area contributed by atoms with Gasteiger partial charge in [0.15, 0.2) is 0 Å². The average molecular weight is 329 g/mol. The second kappa shape index (κ2) is 8.17. The van der Waals surface area contributed by atoms with Crippen LogP contribution in [0.4, 0.5) is 0 Å². The Kier molecular flexibility index (Phi) is 6.52. The zero-order valence-corrected chi connectivity index (χ0v) is 14.3. The van der Waals surface area contributed by atoms with Crippen LogP contribution < -0.4 is 10.6 Å². The Bertz CT molecular complexity index is 394. The SMILES string of the molecule is CCC(=O)N1CSCC1C(=O)NCC1(COC)CCNCC1. The minimum absolute atomic E-state index is 0.0149. The first-order chi connectivity index (χ1) is 10.6. The number of hydrogen-bond acceptors (Lipinski definition) is 5. The first kappa shape index (κ1) is 17.6. The minimum Gasteiger partial charge on any atom is -0.384 e. The molecule has 7 heteroatoms. The first-order valence-corrected chi connectivity index (χ1v) is 9.12. The molecule has 2 amide bonds. The van der Waals surface area contributed by atoms with Crippen LogP contribution in [-0.4, -0.2) is 67.7 Å². The van der Waals surface area contributed by atoms with Crippen LogP contribution in [-0.2, 0) is 14.3 Å². The van der Waals surface area contributed by atoms with Crippen molar-refractivity contribution < 1.29 is 14.3 Å². The second-order valence-electron chi connectivity index (χ2n) is 6.13. The molecule has 126 valence electrons. The van der Waals surface area contributed by atoms with Crippen molar-refractivity contribution in [2.45, 2.75) is 32.2 Å². The van der Waals surface area contributed by atoms with Gasteiger partial charge in [-0.15, -0.1) is 11.8 Å². The summed E-state index contributed by atoms with van der Waals surface area (Å²) >= 11 is 1.64. The van der Waals surface area contributed by atoms with E-state index in [9.17, 15) is 9.59 Å². The fourth-order valence-corrected chi connectivity index (χ4v) is 4.32. The van der Waals surface area contributed by atoms with Gasteiger partial charge in [-0.2, -0.15) is 0 Å². The van der Waals surface area contributed by atoms with E-state index in [1.807, 2.05) is 6.92 Å². The number of carbonyl (C=O) groups excluding carboxylic acids is 2. The lowest BCUT2D eigenvalue weighted by atomic mass is 9.79. The van der Waals surface area contributed by atoms with Crippen molar-refractivity contribution in [1.82, 2.24) is 15.5 Å². The summed E-state index contributed by atoms with van der Waals surface area (Å²) in [5, 5.41) is 6.42. The van der Waals surface area contributed by atoms with Crippen LogP contribution in [0.3, 0.4) is 0 Å². The van der Waals surface area contributed by atoms with Gasteiger partial charge in [-0.3, -0.25) is 9.59 Å². The van der Waals surface area contributed by atoms with Crippen molar-refractivity contribution in [2.24, 2.45) is 5.41 Å². The predicted octanol–water partition coefficient (Wildman–Crippen LogP) is 0.430. The third kappa shape index (κ3) is 4.14. The highest BCUT2D eigenvalue weighted by atomic mass is 32.2. The highest BCUT2D eigenvalue weighted by Gasteiger charge is 2.37. The van der Waals surface area contributed by atoms with E-state index in [-0.39, 0.29) is 23.3 Å². The lowest BCUT2D eigenvalue weighted by Gasteiger charge is -2.37. The molecule has 2 aliphatic heterocycles. The van der Waals surface area contributed by atoms with Gasteiger partial charge in [0, 0.05) is 31.2 Å². The van der Waals surface area contributed by atoms with Crippen molar-refractivity contribution in [3.8, 4) is 0 Å². The van der Waals surface area contributed by atoms with Crippen molar-refractivity contribution in [3.63, 3.8) is 0 Å². The molecular weight excluding hydrogens is 302 g/mol.